The van der Waals surface area contributed by atoms with Crippen LogP contribution < -0.4 is 10.4 Å². The summed E-state index contributed by atoms with van der Waals surface area (Å²) < 4.78 is 5.59. The molecule has 0 amide bonds. The molecule has 8 nitrogen and oxygen atoms in total. The van der Waals surface area contributed by atoms with Crippen LogP contribution in [-0.2, 0) is 16.0 Å². The highest BCUT2D eigenvalue weighted by atomic mass is 32.1. The molecule has 10 heteroatoms. The number of allylic oxidation sites excluding steroid dienone is 2. The number of benzene rings is 1. The lowest BCUT2D eigenvalue weighted by atomic mass is 9.64. The average Bonchev–Trinajstić information content (AvgIpc) is 3.10. The van der Waals surface area contributed by atoms with Crippen LogP contribution >= 0.6 is 11.3 Å². The van der Waals surface area contributed by atoms with Crippen LogP contribution in [0.15, 0.2) is 29.7 Å². The largest absolute Gasteiger partial charge is 0.535 e. The maximum atomic E-state index is 13.0. The highest BCUT2D eigenvalue weighted by molar-refractivity contribution is 7.13. The predicted molar refractivity (Wildman–Crippen MR) is 113 cm³/mol. The second-order valence-corrected chi connectivity index (χ2v) is 7.96. The van der Waals surface area contributed by atoms with Gasteiger partial charge in [0.05, 0.1) is 11.3 Å². The van der Waals surface area contributed by atoms with E-state index in [0.717, 1.165) is 5.56 Å². The van der Waals surface area contributed by atoms with Crippen LogP contribution in [0.3, 0.4) is 0 Å². The van der Waals surface area contributed by atoms with Gasteiger partial charge in [0.2, 0.25) is 0 Å². The van der Waals surface area contributed by atoms with Crippen LogP contribution in [0, 0.1) is 0 Å². The van der Waals surface area contributed by atoms with Gasteiger partial charge in [-0.2, -0.15) is 0 Å². The fourth-order valence-electron chi connectivity index (χ4n) is 3.40. The molecule has 30 heavy (non-hydrogen) atoms. The van der Waals surface area contributed by atoms with Crippen LogP contribution in [0.25, 0.3) is 5.57 Å². The minimum Gasteiger partial charge on any atom is -0.535 e. The van der Waals surface area contributed by atoms with E-state index in [1.165, 1.54) is 18.3 Å². The van der Waals surface area contributed by atoms with Gasteiger partial charge in [-0.3, -0.25) is 14.4 Å². The number of hydrogen-bond donors (Lipinski definition) is 3. The summed E-state index contributed by atoms with van der Waals surface area (Å²) in [6, 6.07) is 5.18. The molecule has 0 saturated carbocycles. The number of nitrogen functional groups attached to an aromatic ring is 1. The van der Waals surface area contributed by atoms with Crippen LogP contribution in [0.5, 0.6) is 5.75 Å². The SMILES string of the molecule is CC(=O)c1cccc2c1OB(O)[C@@H](CC(=O)C(=CCCC(=O)O)c1csc(N)n1)C2. The summed E-state index contributed by atoms with van der Waals surface area (Å²) >= 11 is 1.18. The van der Waals surface area contributed by atoms with Crippen molar-refractivity contribution >= 4 is 46.7 Å². The number of rotatable bonds is 8. The van der Waals surface area contributed by atoms with Gasteiger partial charge in [-0.15, -0.1) is 11.3 Å². The Bertz CT molecular complexity index is 1020. The molecule has 1 aliphatic rings. The minimum absolute atomic E-state index is 0.0265. The van der Waals surface area contributed by atoms with Crippen molar-refractivity contribution in [3.8, 4) is 5.75 Å². The molecule has 4 N–H and O–H groups in total. The summed E-state index contributed by atoms with van der Waals surface area (Å²) in [5.41, 5.74) is 7.49. The van der Waals surface area contributed by atoms with E-state index in [0.29, 0.717) is 28.6 Å². The summed E-state index contributed by atoms with van der Waals surface area (Å²) in [6.45, 7) is 1.43. The number of thiazole rings is 1. The normalized spacial score (nSPS) is 16.0. The Kier molecular flexibility index (Phi) is 6.68. The molecule has 0 fully saturated rings. The zero-order valence-corrected chi connectivity index (χ0v) is 17.1. The average molecular weight is 428 g/mol. The van der Waals surface area contributed by atoms with Crippen molar-refractivity contribution in [3.05, 3.63) is 46.5 Å². The molecule has 0 bridgehead atoms. The Labute approximate surface area is 177 Å². The number of Topliss-reactive ketones (excluding diaryl/α,β-unsaturated/α-hetero) is 2. The van der Waals surface area contributed by atoms with Crippen LogP contribution in [0.1, 0.15) is 47.8 Å². The number of hydrogen-bond acceptors (Lipinski definition) is 8. The Hall–Kier alpha value is -2.98. The lowest BCUT2D eigenvalue weighted by molar-refractivity contribution is -0.136. The van der Waals surface area contributed by atoms with E-state index in [9.17, 15) is 19.4 Å². The number of nitrogens with two attached hydrogens (primary N) is 1. The molecule has 2 aromatic rings. The number of fused-ring (bicyclic) bond motifs is 1. The third-order valence-electron chi connectivity index (χ3n) is 4.85. The Morgan fingerprint density at radius 1 is 1.40 bits per heavy atom. The van der Waals surface area contributed by atoms with Gasteiger partial charge in [-0.25, -0.2) is 4.98 Å². The molecule has 2 heterocycles. The van der Waals surface area contributed by atoms with E-state index in [1.807, 2.05) is 0 Å². The zero-order chi connectivity index (χ0) is 21.8. The van der Waals surface area contributed by atoms with Crippen LogP contribution in [0.4, 0.5) is 5.13 Å². The molecular weight excluding hydrogens is 407 g/mol. The van der Waals surface area contributed by atoms with Crippen molar-refractivity contribution in [2.75, 3.05) is 5.73 Å². The molecule has 1 atom stereocenters. The molecule has 0 spiro atoms. The van der Waals surface area contributed by atoms with Crippen molar-refractivity contribution in [1.82, 2.24) is 4.98 Å². The van der Waals surface area contributed by atoms with Crippen molar-refractivity contribution in [3.63, 3.8) is 0 Å². The topological polar surface area (TPSA) is 140 Å². The van der Waals surface area contributed by atoms with Gasteiger partial charge >= 0.3 is 13.1 Å². The minimum atomic E-state index is -1.25. The van der Waals surface area contributed by atoms with E-state index < -0.39 is 18.9 Å². The number of para-hydroxylation sites is 1. The molecule has 1 aromatic carbocycles. The Balaban J connectivity index is 1.81. The number of carbonyl (C=O) groups excluding carboxylic acids is 2. The van der Waals surface area contributed by atoms with Crippen molar-refractivity contribution in [2.24, 2.45) is 0 Å². The fraction of sp³-hybridized carbons (Fsp3) is 0.300. The van der Waals surface area contributed by atoms with E-state index in [-0.39, 0.29) is 36.4 Å². The van der Waals surface area contributed by atoms with E-state index >= 15 is 0 Å². The van der Waals surface area contributed by atoms with Gasteiger partial charge in [-0.1, -0.05) is 18.2 Å². The number of ketones is 2. The number of aliphatic carboxylic acids is 1. The highest BCUT2D eigenvalue weighted by Gasteiger charge is 2.38. The summed E-state index contributed by atoms with van der Waals surface area (Å²) in [6.07, 6.45) is 1.93. The van der Waals surface area contributed by atoms with E-state index in [2.05, 4.69) is 4.98 Å². The van der Waals surface area contributed by atoms with Crippen molar-refractivity contribution < 1.29 is 29.2 Å². The number of carboxylic acid groups (broad SMARTS) is 1. The Morgan fingerprint density at radius 2 is 2.17 bits per heavy atom. The molecule has 1 aromatic heterocycles. The standard InChI is InChI=1S/C20H21BN2O6S/c1-11(24)14-5-2-4-12-8-13(21(28)29-19(12)14)9-17(25)15(6-3-7-18(26)27)16-10-30-20(22)23-16/h2,4-6,10,13,28H,3,7-9H2,1H3,(H2,22,23)(H,26,27)/t13-/m1/s1. The first-order valence-corrected chi connectivity index (χ1v) is 10.3. The van der Waals surface area contributed by atoms with Crippen molar-refractivity contribution in [2.45, 2.75) is 38.4 Å². The summed E-state index contributed by atoms with van der Waals surface area (Å²) in [4.78, 5) is 39.8. The third kappa shape index (κ3) is 4.95. The monoisotopic (exact) mass is 428 g/mol. The highest BCUT2D eigenvalue weighted by Crippen LogP contribution is 2.37. The fourth-order valence-corrected chi connectivity index (χ4v) is 3.96. The zero-order valence-electron chi connectivity index (χ0n) is 16.3. The molecule has 0 radical (unpaired) electrons. The van der Waals surface area contributed by atoms with Gasteiger partial charge in [0, 0.05) is 29.6 Å². The molecule has 0 unspecified atom stereocenters. The first-order chi connectivity index (χ1) is 14.3. The van der Waals surface area contributed by atoms with Crippen LogP contribution in [-0.4, -0.2) is 39.8 Å². The van der Waals surface area contributed by atoms with Gasteiger partial charge < -0.3 is 20.5 Å². The summed E-state index contributed by atoms with van der Waals surface area (Å²) in [5, 5.41) is 21.3. The number of carbonyl (C=O) groups is 3. The first kappa shape index (κ1) is 21.7. The lowest BCUT2D eigenvalue weighted by Crippen LogP contribution is -2.35. The van der Waals surface area contributed by atoms with Gasteiger partial charge in [0.15, 0.2) is 16.7 Å². The lowest BCUT2D eigenvalue weighted by Gasteiger charge is -2.28. The van der Waals surface area contributed by atoms with E-state index in [4.69, 9.17) is 15.5 Å². The molecule has 156 valence electrons. The van der Waals surface area contributed by atoms with Gasteiger partial charge in [0.25, 0.3) is 0 Å². The molecule has 0 aliphatic carbocycles. The van der Waals surface area contributed by atoms with Crippen LogP contribution in [0.2, 0.25) is 5.82 Å². The summed E-state index contributed by atoms with van der Waals surface area (Å²) in [7, 11) is -1.25. The Morgan fingerprint density at radius 3 is 2.80 bits per heavy atom. The molecular formula is C20H21BN2O6S. The number of carboxylic acids is 1. The third-order valence-corrected chi connectivity index (χ3v) is 5.53. The maximum Gasteiger partial charge on any atom is 0.526 e. The number of aromatic nitrogens is 1. The second-order valence-electron chi connectivity index (χ2n) is 7.07. The smallest absolute Gasteiger partial charge is 0.526 e. The molecule has 0 saturated heterocycles. The van der Waals surface area contributed by atoms with Gasteiger partial charge in [0.1, 0.15) is 5.75 Å². The van der Waals surface area contributed by atoms with Crippen molar-refractivity contribution in [1.29, 1.82) is 0 Å². The second kappa shape index (κ2) is 9.23. The molecule has 1 aliphatic heterocycles. The van der Waals surface area contributed by atoms with Gasteiger partial charge in [-0.05, 0) is 31.4 Å². The number of nitrogens with zero attached hydrogens (tertiary/aromatic N) is 1. The molecule has 3 rings (SSSR count). The maximum absolute atomic E-state index is 13.0. The van der Waals surface area contributed by atoms with E-state index in [1.54, 1.807) is 29.7 Å². The number of anilines is 1. The predicted octanol–water partition coefficient (Wildman–Crippen LogP) is 2.62. The summed E-state index contributed by atoms with van der Waals surface area (Å²) in [5.74, 6) is -1.59. The first-order valence-electron chi connectivity index (χ1n) is 9.40. The quantitative estimate of drug-likeness (QED) is 0.331.